The molecule has 230 valence electrons. The minimum absolute atomic E-state index is 0.137. The summed E-state index contributed by atoms with van der Waals surface area (Å²) in [7, 11) is 1.73. The Kier molecular flexibility index (Phi) is 11.9. The number of anilines is 2. The molecule has 1 aliphatic carbocycles. The second kappa shape index (κ2) is 16.0. The van der Waals surface area contributed by atoms with Gasteiger partial charge in [0.25, 0.3) is 0 Å². The third-order valence-corrected chi connectivity index (χ3v) is 10.0. The van der Waals surface area contributed by atoms with Crippen molar-refractivity contribution >= 4 is 17.7 Å². The quantitative estimate of drug-likeness (QED) is 0.408. The topological polar surface area (TPSA) is 85.9 Å². The molecule has 3 saturated heterocycles. The second-order valence-corrected chi connectivity index (χ2v) is 12.8. The third kappa shape index (κ3) is 8.54. The number of hydrogen-bond acceptors (Lipinski definition) is 8. The molecule has 0 aromatic carbocycles. The van der Waals surface area contributed by atoms with Crippen LogP contribution < -0.4 is 15.5 Å². The minimum Gasteiger partial charge on any atom is -0.383 e. The first-order chi connectivity index (χ1) is 20.2. The van der Waals surface area contributed by atoms with Crippen molar-refractivity contribution in [1.82, 2.24) is 25.1 Å². The summed E-state index contributed by atoms with van der Waals surface area (Å²) in [6.07, 6.45) is 18.8. The van der Waals surface area contributed by atoms with E-state index >= 15 is 0 Å². The lowest BCUT2D eigenvalue weighted by Crippen LogP contribution is -2.56. The number of nitrogens with zero attached hydrogens (tertiary/aromatic N) is 5. The van der Waals surface area contributed by atoms with E-state index in [2.05, 4.69) is 31.4 Å². The summed E-state index contributed by atoms with van der Waals surface area (Å²) in [4.78, 5) is 30.7. The van der Waals surface area contributed by atoms with Crippen LogP contribution in [0, 0.1) is 5.92 Å². The third-order valence-electron chi connectivity index (χ3n) is 10.0. The number of likely N-dealkylation sites (tertiary alicyclic amines) is 1. The lowest BCUT2D eigenvalue weighted by atomic mass is 9.87. The molecular formula is C32H55N7O2. The van der Waals surface area contributed by atoms with Crippen molar-refractivity contribution in [3.8, 4) is 0 Å². The Labute approximate surface area is 248 Å². The maximum absolute atomic E-state index is 13.6. The lowest BCUT2D eigenvalue weighted by molar-refractivity contribution is -0.137. The van der Waals surface area contributed by atoms with Gasteiger partial charge in [0, 0.05) is 63.5 Å². The summed E-state index contributed by atoms with van der Waals surface area (Å²) >= 11 is 0. The fourth-order valence-electron chi connectivity index (χ4n) is 7.69. The molecule has 5 rings (SSSR count). The molecule has 9 heteroatoms. The molecule has 0 bridgehead atoms. The number of aromatic nitrogens is 2. The van der Waals surface area contributed by atoms with Gasteiger partial charge in [-0.2, -0.15) is 4.98 Å². The molecule has 1 aromatic heterocycles. The van der Waals surface area contributed by atoms with E-state index in [0.717, 1.165) is 76.7 Å². The maximum Gasteiger partial charge on any atom is 0.225 e. The molecule has 2 N–H and O–H groups in total. The Morgan fingerprint density at radius 2 is 1.73 bits per heavy atom. The zero-order chi connectivity index (χ0) is 28.3. The normalized spacial score (nSPS) is 25.5. The Bertz CT molecular complexity index is 913. The first-order valence-electron chi connectivity index (χ1n) is 16.8. The van der Waals surface area contributed by atoms with Crippen LogP contribution in [0.15, 0.2) is 12.3 Å². The van der Waals surface area contributed by atoms with Crippen LogP contribution in [0.3, 0.4) is 0 Å². The average molecular weight is 570 g/mol. The fourth-order valence-corrected chi connectivity index (χ4v) is 7.69. The van der Waals surface area contributed by atoms with Gasteiger partial charge in [-0.15, -0.1) is 0 Å². The first-order valence-corrected chi connectivity index (χ1v) is 16.8. The minimum atomic E-state index is 0.137. The number of methoxy groups -OCH3 is 1. The molecule has 1 saturated carbocycles. The van der Waals surface area contributed by atoms with Crippen molar-refractivity contribution in [2.24, 2.45) is 5.92 Å². The maximum atomic E-state index is 13.6. The molecule has 9 nitrogen and oxygen atoms in total. The summed E-state index contributed by atoms with van der Waals surface area (Å²) in [5, 5.41) is 7.24. The highest BCUT2D eigenvalue weighted by Gasteiger charge is 2.37. The molecule has 2 atom stereocenters. The van der Waals surface area contributed by atoms with E-state index in [1.807, 2.05) is 6.20 Å². The molecule has 1 aromatic rings. The number of nitrogens with one attached hydrogen (secondary N) is 2. The molecule has 0 radical (unpaired) electrons. The summed E-state index contributed by atoms with van der Waals surface area (Å²) in [5.41, 5.74) is 0. The Hall–Kier alpha value is -1.97. The van der Waals surface area contributed by atoms with Gasteiger partial charge in [0.1, 0.15) is 5.82 Å². The molecule has 1 amide bonds. The summed E-state index contributed by atoms with van der Waals surface area (Å²) in [6, 6.07) is 3.37. The molecule has 41 heavy (non-hydrogen) atoms. The van der Waals surface area contributed by atoms with E-state index in [-0.39, 0.29) is 12.0 Å². The SMILES string of the molecule is COCCN(CCC1C(Nc2nccc(N3CCCCCC3)n2)CCCN1C1CCCCC1)C(=O)C1CCNCC1. The van der Waals surface area contributed by atoms with Crippen LogP contribution in [0.25, 0.3) is 0 Å². The van der Waals surface area contributed by atoms with E-state index < -0.39 is 0 Å². The van der Waals surface area contributed by atoms with Crippen LogP contribution >= 0.6 is 0 Å². The molecule has 4 aliphatic rings. The highest BCUT2D eigenvalue weighted by molar-refractivity contribution is 5.79. The zero-order valence-electron chi connectivity index (χ0n) is 25.6. The van der Waals surface area contributed by atoms with Gasteiger partial charge in [-0.1, -0.05) is 32.1 Å². The highest BCUT2D eigenvalue weighted by Crippen LogP contribution is 2.32. The van der Waals surface area contributed by atoms with Crippen LogP contribution in [0.4, 0.5) is 11.8 Å². The number of rotatable bonds is 11. The van der Waals surface area contributed by atoms with Crippen molar-refractivity contribution in [3.63, 3.8) is 0 Å². The van der Waals surface area contributed by atoms with Crippen molar-refractivity contribution < 1.29 is 9.53 Å². The number of hydrogen-bond donors (Lipinski definition) is 2. The van der Waals surface area contributed by atoms with Crippen LogP contribution in [-0.2, 0) is 9.53 Å². The van der Waals surface area contributed by atoms with Gasteiger partial charge < -0.3 is 25.2 Å². The molecule has 4 fully saturated rings. The van der Waals surface area contributed by atoms with Gasteiger partial charge >= 0.3 is 0 Å². The first kappa shape index (κ1) is 30.5. The average Bonchev–Trinajstić information content (AvgIpc) is 3.32. The summed E-state index contributed by atoms with van der Waals surface area (Å²) < 4.78 is 5.44. The van der Waals surface area contributed by atoms with Gasteiger partial charge in [-0.05, 0) is 83.5 Å². The van der Waals surface area contributed by atoms with E-state index in [1.165, 1.54) is 64.2 Å². The molecule has 4 heterocycles. The van der Waals surface area contributed by atoms with Gasteiger partial charge in [0.15, 0.2) is 0 Å². The Morgan fingerprint density at radius 1 is 0.976 bits per heavy atom. The van der Waals surface area contributed by atoms with Gasteiger partial charge in [-0.25, -0.2) is 4.98 Å². The monoisotopic (exact) mass is 569 g/mol. The van der Waals surface area contributed by atoms with Crippen molar-refractivity contribution in [3.05, 3.63) is 12.3 Å². The van der Waals surface area contributed by atoms with Crippen LogP contribution in [0.5, 0.6) is 0 Å². The number of amides is 1. The zero-order valence-corrected chi connectivity index (χ0v) is 25.6. The highest BCUT2D eigenvalue weighted by atomic mass is 16.5. The van der Waals surface area contributed by atoms with Gasteiger partial charge in [-0.3, -0.25) is 9.69 Å². The standard InChI is InChI=1S/C32H55N7O2/c1-41-25-24-38(31(40)26-13-17-33-18-14-26)23-16-29-28(12-9-22-39(29)27-10-5-4-6-11-27)35-32-34-19-15-30(36-32)37-20-7-2-3-8-21-37/h15,19,26-29,33H,2-14,16-18,20-25H2,1H3,(H,34,35,36). The van der Waals surface area contributed by atoms with Crippen LogP contribution in [-0.4, -0.2) is 103 Å². The predicted octanol–water partition coefficient (Wildman–Crippen LogP) is 4.30. The predicted molar refractivity (Wildman–Crippen MR) is 165 cm³/mol. The Balaban J connectivity index is 1.31. The molecule has 0 spiro atoms. The number of ether oxygens (including phenoxy) is 1. The summed E-state index contributed by atoms with van der Waals surface area (Å²) in [6.45, 7) is 7.25. The number of carbonyl (C=O) groups excluding carboxylic acids is 1. The van der Waals surface area contributed by atoms with E-state index in [0.29, 0.717) is 31.1 Å². The smallest absolute Gasteiger partial charge is 0.225 e. The fraction of sp³-hybridized carbons (Fsp3) is 0.844. The Morgan fingerprint density at radius 3 is 2.49 bits per heavy atom. The van der Waals surface area contributed by atoms with E-state index in [4.69, 9.17) is 14.7 Å². The van der Waals surface area contributed by atoms with E-state index in [1.54, 1.807) is 7.11 Å². The van der Waals surface area contributed by atoms with Crippen molar-refractivity contribution in [2.75, 3.05) is 69.7 Å². The van der Waals surface area contributed by atoms with E-state index in [9.17, 15) is 4.79 Å². The number of piperidine rings is 2. The molecular weight excluding hydrogens is 514 g/mol. The van der Waals surface area contributed by atoms with Crippen LogP contribution in [0.1, 0.15) is 89.9 Å². The molecule has 3 aliphatic heterocycles. The lowest BCUT2D eigenvalue weighted by Gasteiger charge is -2.47. The van der Waals surface area contributed by atoms with Crippen LogP contribution in [0.2, 0.25) is 0 Å². The van der Waals surface area contributed by atoms with Gasteiger partial charge in [0.2, 0.25) is 11.9 Å². The number of carbonyl (C=O) groups is 1. The van der Waals surface area contributed by atoms with Crippen molar-refractivity contribution in [1.29, 1.82) is 0 Å². The largest absolute Gasteiger partial charge is 0.383 e. The van der Waals surface area contributed by atoms with Gasteiger partial charge in [0.05, 0.1) is 6.61 Å². The second-order valence-electron chi connectivity index (χ2n) is 12.8. The summed E-state index contributed by atoms with van der Waals surface area (Å²) in [5.74, 6) is 2.27. The van der Waals surface area contributed by atoms with Crippen molar-refractivity contribution in [2.45, 2.75) is 108 Å². The molecule has 2 unspecified atom stereocenters.